The van der Waals surface area contributed by atoms with Crippen LogP contribution in [0.1, 0.15) is 24.0 Å². The predicted octanol–water partition coefficient (Wildman–Crippen LogP) is 4.34. The number of aliphatic carboxylic acids is 1. The number of carboxylic acid groups (broad SMARTS) is 1. The van der Waals surface area contributed by atoms with E-state index in [2.05, 4.69) is 25.3 Å². The highest BCUT2D eigenvalue weighted by molar-refractivity contribution is 6.39. The number of benzene rings is 2. The van der Waals surface area contributed by atoms with Crippen LogP contribution in [-0.2, 0) is 27.4 Å². The number of halogens is 2. The smallest absolute Gasteiger partial charge is 0.308 e. The third-order valence-electron chi connectivity index (χ3n) is 8.22. The van der Waals surface area contributed by atoms with E-state index in [9.17, 15) is 24.6 Å². The van der Waals surface area contributed by atoms with E-state index in [1.807, 2.05) is 42.5 Å². The quantitative estimate of drug-likeness (QED) is 0.0901. The molecule has 3 aromatic heterocycles. The van der Waals surface area contributed by atoms with Crippen LogP contribution in [0.4, 0.5) is 0 Å². The lowest BCUT2D eigenvalue weighted by Gasteiger charge is -2.15. The number of aliphatic hydroxyl groups excluding tert-OH is 2. The average molecular weight is 751 g/mol. The highest BCUT2D eigenvalue weighted by Gasteiger charge is 2.18. The van der Waals surface area contributed by atoms with Crippen molar-refractivity contribution in [1.29, 1.82) is 0 Å². The van der Waals surface area contributed by atoms with Gasteiger partial charge in [-0.25, -0.2) is 9.97 Å². The minimum Gasteiger partial charge on any atom is -0.481 e. The first kappa shape index (κ1) is 38.3. The molecule has 272 valence electrons. The van der Waals surface area contributed by atoms with Crippen LogP contribution in [0.25, 0.3) is 39.2 Å². The van der Waals surface area contributed by atoms with Gasteiger partial charge in [0.05, 0.1) is 55.0 Å². The van der Waals surface area contributed by atoms with Crippen molar-refractivity contribution in [3.8, 4) is 39.4 Å². The van der Waals surface area contributed by atoms with Crippen molar-refractivity contribution < 1.29 is 34.4 Å². The van der Waals surface area contributed by atoms with Crippen molar-refractivity contribution in [1.82, 2.24) is 25.0 Å². The fraction of sp³-hybridized carbons (Fsp3) is 0.270. The number of hydrogen-bond acceptors (Lipinski definition) is 11. The molecule has 0 fully saturated rings. The van der Waals surface area contributed by atoms with Gasteiger partial charge in [-0.15, -0.1) is 0 Å². The number of aliphatic hydroxyl groups is 2. The molecule has 0 saturated heterocycles. The number of ether oxygens (including phenoxy) is 2. The van der Waals surface area contributed by atoms with Crippen LogP contribution >= 0.6 is 23.2 Å². The van der Waals surface area contributed by atoms with E-state index in [0.29, 0.717) is 67.2 Å². The maximum absolute atomic E-state index is 13.2. The van der Waals surface area contributed by atoms with Crippen molar-refractivity contribution in [3.63, 3.8) is 0 Å². The molecule has 2 aromatic carbocycles. The van der Waals surface area contributed by atoms with E-state index in [-0.39, 0.29) is 38.0 Å². The van der Waals surface area contributed by atoms with Gasteiger partial charge in [0.15, 0.2) is 0 Å². The van der Waals surface area contributed by atoms with Crippen molar-refractivity contribution >= 4 is 40.8 Å². The molecule has 5 rings (SSSR count). The Morgan fingerprint density at radius 1 is 0.846 bits per heavy atom. The van der Waals surface area contributed by atoms with Gasteiger partial charge in [0.2, 0.25) is 5.88 Å². The molecule has 3 heterocycles. The summed E-state index contributed by atoms with van der Waals surface area (Å²) in [5, 5.41) is 35.5. The normalized spacial score (nSPS) is 12.4. The molecule has 0 aliphatic heterocycles. The van der Waals surface area contributed by atoms with Crippen molar-refractivity contribution in [2.24, 2.45) is 0 Å². The summed E-state index contributed by atoms with van der Waals surface area (Å²) < 4.78 is 11.5. The van der Waals surface area contributed by atoms with Crippen LogP contribution in [0.2, 0.25) is 10.0 Å². The van der Waals surface area contributed by atoms with Gasteiger partial charge >= 0.3 is 11.9 Å². The lowest BCUT2D eigenvalue weighted by Crippen LogP contribution is -2.31. The zero-order valence-corrected chi connectivity index (χ0v) is 29.8. The standard InChI is InChI=1S/C37H37Cl2N5O8/c1-51-33(49)15-25(46)20-41-17-23-18-42-31-13-21(11-12-44(31)37(23)50)26-5-3-6-27(34(26)38)28-7-4-8-29(35(28)39)30-10-9-22(36(43-30)52-2)16-40-19-24(45)14-32(47)48/h3-13,18,24-25,40-41,45-46H,14-17,19-20H2,1-2H3,(H,47,48)/t24-,25+/m0/s1. The van der Waals surface area contributed by atoms with Gasteiger partial charge in [-0.2, -0.15) is 0 Å². The third kappa shape index (κ3) is 9.12. The molecule has 15 heteroatoms. The molecule has 5 N–H and O–H groups in total. The lowest BCUT2D eigenvalue weighted by atomic mass is 9.97. The van der Waals surface area contributed by atoms with E-state index in [4.69, 9.17) is 33.0 Å². The van der Waals surface area contributed by atoms with E-state index in [0.717, 1.165) is 5.56 Å². The largest absolute Gasteiger partial charge is 0.481 e. The van der Waals surface area contributed by atoms with Gasteiger partial charge in [0.25, 0.3) is 5.56 Å². The maximum Gasteiger partial charge on any atom is 0.308 e. The van der Waals surface area contributed by atoms with Gasteiger partial charge in [-0.3, -0.25) is 18.8 Å². The van der Waals surface area contributed by atoms with Crippen LogP contribution in [0.3, 0.4) is 0 Å². The highest BCUT2D eigenvalue weighted by atomic mass is 35.5. The number of nitrogens with zero attached hydrogens (tertiary/aromatic N) is 3. The molecule has 0 radical (unpaired) electrons. The zero-order chi connectivity index (χ0) is 37.4. The molecule has 2 atom stereocenters. The lowest BCUT2D eigenvalue weighted by molar-refractivity contribution is -0.143. The number of aromatic nitrogens is 3. The summed E-state index contributed by atoms with van der Waals surface area (Å²) in [6.07, 6.45) is 0.605. The Labute approximate surface area is 308 Å². The number of fused-ring (bicyclic) bond motifs is 1. The van der Waals surface area contributed by atoms with E-state index in [1.165, 1.54) is 24.8 Å². The topological polar surface area (TPSA) is 185 Å². The molecular formula is C37H37Cl2N5O8. The van der Waals surface area contributed by atoms with Gasteiger partial charge in [0, 0.05) is 72.0 Å². The predicted molar refractivity (Wildman–Crippen MR) is 196 cm³/mol. The highest BCUT2D eigenvalue weighted by Crippen LogP contribution is 2.42. The fourth-order valence-corrected chi connectivity index (χ4v) is 6.26. The van der Waals surface area contributed by atoms with Crippen LogP contribution in [0.15, 0.2) is 77.9 Å². The number of carbonyl (C=O) groups excluding carboxylic acids is 1. The number of esters is 1. The summed E-state index contributed by atoms with van der Waals surface area (Å²) in [4.78, 5) is 44.5. The molecule has 13 nitrogen and oxygen atoms in total. The molecule has 52 heavy (non-hydrogen) atoms. The first-order chi connectivity index (χ1) is 25.0. The molecule has 0 unspecified atom stereocenters. The molecule has 5 aromatic rings. The van der Waals surface area contributed by atoms with Crippen molar-refractivity contribution in [3.05, 3.63) is 105 Å². The Bertz CT molecular complexity index is 2140. The number of carboxylic acids is 1. The van der Waals surface area contributed by atoms with E-state index < -0.39 is 24.1 Å². The number of nitrogens with one attached hydrogen (secondary N) is 2. The number of hydrogen-bond donors (Lipinski definition) is 5. The molecule has 0 aliphatic carbocycles. The first-order valence-electron chi connectivity index (χ1n) is 16.2. The van der Waals surface area contributed by atoms with Gasteiger partial charge in [-0.05, 0) is 23.8 Å². The molecule has 0 spiro atoms. The van der Waals surface area contributed by atoms with E-state index >= 15 is 0 Å². The minimum atomic E-state index is -1.08. The summed E-state index contributed by atoms with van der Waals surface area (Å²) in [6, 6.07) is 18.3. The molecule has 0 saturated carbocycles. The van der Waals surface area contributed by atoms with Crippen molar-refractivity contribution in [2.45, 2.75) is 38.1 Å². The van der Waals surface area contributed by atoms with Gasteiger partial charge in [-0.1, -0.05) is 65.7 Å². The summed E-state index contributed by atoms with van der Waals surface area (Å²) in [5.41, 5.74) is 5.22. The van der Waals surface area contributed by atoms with Crippen molar-refractivity contribution in [2.75, 3.05) is 27.3 Å². The first-order valence-corrected chi connectivity index (χ1v) is 16.9. The summed E-state index contributed by atoms with van der Waals surface area (Å²) in [6.45, 7) is 0.628. The summed E-state index contributed by atoms with van der Waals surface area (Å²) in [7, 11) is 2.75. The third-order valence-corrected chi connectivity index (χ3v) is 9.03. The molecule has 0 amide bonds. The number of rotatable bonds is 16. The SMILES string of the molecule is COC(=O)C[C@@H](O)CNCc1cnc2cc(-c3cccc(-c4cccc(-c5ccc(CNC[C@@H](O)CC(=O)O)c(OC)n5)c4Cl)c3Cl)ccn2c1=O. The Hall–Kier alpha value is -4.89. The molecule has 0 aliphatic rings. The number of methoxy groups -OCH3 is 2. The Morgan fingerprint density at radius 3 is 2.12 bits per heavy atom. The minimum absolute atomic E-state index is 0.0894. The Kier molecular flexibility index (Phi) is 12.9. The summed E-state index contributed by atoms with van der Waals surface area (Å²) >= 11 is 14.1. The number of pyridine rings is 2. The van der Waals surface area contributed by atoms with E-state index in [1.54, 1.807) is 24.4 Å². The Morgan fingerprint density at radius 2 is 1.46 bits per heavy atom. The summed E-state index contributed by atoms with van der Waals surface area (Å²) in [5.74, 6) is -1.26. The Balaban J connectivity index is 1.36. The molecular weight excluding hydrogens is 713 g/mol. The molecule has 0 bridgehead atoms. The number of carbonyl (C=O) groups is 2. The zero-order valence-electron chi connectivity index (χ0n) is 28.3. The van der Waals surface area contributed by atoms with Crippen LogP contribution in [0.5, 0.6) is 5.88 Å². The maximum atomic E-state index is 13.2. The monoisotopic (exact) mass is 749 g/mol. The van der Waals surface area contributed by atoms with Gasteiger partial charge < -0.3 is 35.4 Å². The second kappa shape index (κ2) is 17.6. The van der Waals surface area contributed by atoms with Crippen LogP contribution in [0, 0.1) is 0 Å². The average Bonchev–Trinajstić information content (AvgIpc) is 3.12. The second-order valence-corrected chi connectivity index (χ2v) is 12.6. The second-order valence-electron chi connectivity index (χ2n) is 11.9. The van der Waals surface area contributed by atoms with Gasteiger partial charge in [0.1, 0.15) is 5.65 Å². The van der Waals surface area contributed by atoms with Crippen LogP contribution < -0.4 is 20.9 Å². The fourth-order valence-electron chi connectivity index (χ4n) is 5.60. The van der Waals surface area contributed by atoms with Crippen LogP contribution in [-0.4, -0.2) is 81.1 Å².